The first-order valence-corrected chi connectivity index (χ1v) is 8.98. The zero-order chi connectivity index (χ0) is 18.8. The van der Waals surface area contributed by atoms with Crippen LogP contribution in [0.1, 0.15) is 38.5 Å². The second kappa shape index (κ2) is 7.11. The van der Waals surface area contributed by atoms with Gasteiger partial charge in [-0.1, -0.05) is 23.8 Å². The first-order valence-electron chi connectivity index (χ1n) is 8.98. The van der Waals surface area contributed by atoms with E-state index in [9.17, 15) is 9.59 Å². The number of anilines is 2. The Morgan fingerprint density at radius 2 is 1.89 bits per heavy atom. The lowest BCUT2D eigenvalue weighted by Crippen LogP contribution is -2.35. The third-order valence-electron chi connectivity index (χ3n) is 4.75. The van der Waals surface area contributed by atoms with Crippen LogP contribution in [0.4, 0.5) is 11.4 Å². The molecule has 2 heterocycles. The maximum Gasteiger partial charge on any atom is 0.293 e. The third-order valence-corrected chi connectivity index (χ3v) is 4.75. The normalized spacial score (nSPS) is 13.1. The highest BCUT2D eigenvalue weighted by molar-refractivity contribution is 6.07. The van der Waals surface area contributed by atoms with E-state index in [-0.39, 0.29) is 11.8 Å². The molecule has 0 saturated carbocycles. The van der Waals surface area contributed by atoms with Crippen LogP contribution in [0.15, 0.2) is 65.3 Å². The molecule has 3 aromatic rings. The molecule has 4 rings (SSSR count). The van der Waals surface area contributed by atoms with Gasteiger partial charge in [0.2, 0.25) is 0 Å². The van der Waals surface area contributed by atoms with Gasteiger partial charge in [-0.3, -0.25) is 9.59 Å². The fourth-order valence-corrected chi connectivity index (χ4v) is 3.30. The van der Waals surface area contributed by atoms with E-state index >= 15 is 0 Å². The zero-order valence-corrected chi connectivity index (χ0v) is 15.1. The van der Waals surface area contributed by atoms with Gasteiger partial charge >= 0.3 is 0 Å². The Morgan fingerprint density at radius 1 is 1.07 bits per heavy atom. The SMILES string of the molecule is Cc1ccc(C(=O)Nc2ccc3c(c2)N(C(=O)c2ccco2)CCC3)cc1. The Kier molecular flexibility index (Phi) is 4.50. The molecule has 0 spiro atoms. The molecule has 2 aromatic carbocycles. The third kappa shape index (κ3) is 3.49. The van der Waals surface area contributed by atoms with Crippen molar-refractivity contribution >= 4 is 23.2 Å². The topological polar surface area (TPSA) is 62.6 Å². The fourth-order valence-electron chi connectivity index (χ4n) is 3.30. The fraction of sp³-hybridized carbons (Fsp3) is 0.182. The summed E-state index contributed by atoms with van der Waals surface area (Å²) in [5.41, 5.74) is 4.28. The molecule has 0 unspecified atom stereocenters. The maximum absolute atomic E-state index is 12.8. The van der Waals surface area contributed by atoms with Gasteiger partial charge in [0.05, 0.1) is 6.26 Å². The van der Waals surface area contributed by atoms with Crippen molar-refractivity contribution in [1.29, 1.82) is 0 Å². The number of furan rings is 1. The minimum absolute atomic E-state index is 0.164. The molecular weight excluding hydrogens is 340 g/mol. The molecule has 2 amide bonds. The summed E-state index contributed by atoms with van der Waals surface area (Å²) in [7, 11) is 0. The van der Waals surface area contributed by atoms with Gasteiger partial charge in [0.1, 0.15) is 0 Å². The van der Waals surface area contributed by atoms with Crippen molar-refractivity contribution in [3.8, 4) is 0 Å². The highest BCUT2D eigenvalue weighted by Gasteiger charge is 2.25. The van der Waals surface area contributed by atoms with Crippen LogP contribution in [-0.2, 0) is 6.42 Å². The van der Waals surface area contributed by atoms with E-state index in [1.165, 1.54) is 6.26 Å². The second-order valence-corrected chi connectivity index (χ2v) is 6.70. The van der Waals surface area contributed by atoms with E-state index in [2.05, 4.69) is 5.32 Å². The number of fused-ring (bicyclic) bond motifs is 1. The predicted molar refractivity (Wildman–Crippen MR) is 104 cm³/mol. The molecule has 0 fully saturated rings. The standard InChI is InChI=1S/C22H20N2O3/c1-15-6-8-17(9-7-15)21(25)23-18-11-10-16-4-2-12-24(19(16)14-18)22(26)20-5-3-13-27-20/h3,5-11,13-14H,2,4,12H2,1H3,(H,23,25). The number of carbonyl (C=O) groups excluding carboxylic acids is 2. The molecule has 5 heteroatoms. The van der Waals surface area contributed by atoms with E-state index in [1.54, 1.807) is 29.2 Å². The summed E-state index contributed by atoms with van der Waals surface area (Å²) in [6.45, 7) is 2.61. The number of benzene rings is 2. The largest absolute Gasteiger partial charge is 0.459 e. The van der Waals surface area contributed by atoms with Gasteiger partial charge in [0, 0.05) is 23.5 Å². The lowest BCUT2D eigenvalue weighted by atomic mass is 10.0. The molecule has 1 aliphatic heterocycles. The van der Waals surface area contributed by atoms with Gasteiger partial charge in [-0.15, -0.1) is 0 Å². The van der Waals surface area contributed by atoms with Crippen LogP contribution in [-0.4, -0.2) is 18.4 Å². The second-order valence-electron chi connectivity index (χ2n) is 6.70. The maximum atomic E-state index is 12.8. The van der Waals surface area contributed by atoms with Gasteiger partial charge in [0.15, 0.2) is 5.76 Å². The molecule has 5 nitrogen and oxygen atoms in total. The quantitative estimate of drug-likeness (QED) is 0.751. The summed E-state index contributed by atoms with van der Waals surface area (Å²) in [4.78, 5) is 27.0. The van der Waals surface area contributed by atoms with Gasteiger partial charge in [-0.2, -0.15) is 0 Å². The monoisotopic (exact) mass is 360 g/mol. The van der Waals surface area contributed by atoms with Crippen LogP contribution in [0.2, 0.25) is 0 Å². The summed E-state index contributed by atoms with van der Waals surface area (Å²) in [6.07, 6.45) is 3.30. The molecule has 1 aromatic heterocycles. The van der Waals surface area contributed by atoms with E-state index < -0.39 is 0 Å². The first-order chi connectivity index (χ1) is 13.1. The number of amides is 2. The van der Waals surface area contributed by atoms with E-state index in [1.807, 2.05) is 37.3 Å². The van der Waals surface area contributed by atoms with Crippen LogP contribution in [0.3, 0.4) is 0 Å². The number of hydrogen-bond donors (Lipinski definition) is 1. The van der Waals surface area contributed by atoms with Crippen LogP contribution in [0.5, 0.6) is 0 Å². The Morgan fingerprint density at radius 3 is 2.63 bits per heavy atom. The Hall–Kier alpha value is -3.34. The van der Waals surface area contributed by atoms with E-state index in [4.69, 9.17) is 4.42 Å². The highest BCUT2D eigenvalue weighted by atomic mass is 16.3. The molecule has 1 N–H and O–H groups in total. The molecule has 0 radical (unpaired) electrons. The van der Waals surface area contributed by atoms with Crippen LogP contribution in [0.25, 0.3) is 0 Å². The van der Waals surface area contributed by atoms with Crippen molar-refractivity contribution in [2.45, 2.75) is 19.8 Å². The van der Waals surface area contributed by atoms with E-state index in [0.29, 0.717) is 23.6 Å². The molecule has 1 aliphatic rings. The minimum atomic E-state index is -0.172. The smallest absolute Gasteiger partial charge is 0.293 e. The van der Waals surface area contributed by atoms with E-state index in [0.717, 1.165) is 29.7 Å². The minimum Gasteiger partial charge on any atom is -0.459 e. The average Bonchev–Trinajstić information content (AvgIpc) is 3.22. The summed E-state index contributed by atoms with van der Waals surface area (Å²) >= 11 is 0. The van der Waals surface area contributed by atoms with Gasteiger partial charge in [-0.25, -0.2) is 0 Å². The van der Waals surface area contributed by atoms with Gasteiger partial charge < -0.3 is 14.6 Å². The van der Waals surface area contributed by atoms with Crippen molar-refractivity contribution in [1.82, 2.24) is 0 Å². The van der Waals surface area contributed by atoms with Crippen LogP contribution >= 0.6 is 0 Å². The summed E-state index contributed by atoms with van der Waals surface area (Å²) < 4.78 is 5.26. The summed E-state index contributed by atoms with van der Waals surface area (Å²) in [6, 6.07) is 16.5. The van der Waals surface area contributed by atoms with Crippen LogP contribution < -0.4 is 10.2 Å². The average molecular weight is 360 g/mol. The number of rotatable bonds is 3. The number of nitrogens with zero attached hydrogens (tertiary/aromatic N) is 1. The molecular formula is C22H20N2O3. The molecule has 27 heavy (non-hydrogen) atoms. The number of nitrogens with one attached hydrogen (secondary N) is 1. The summed E-state index contributed by atoms with van der Waals surface area (Å²) in [5, 5.41) is 2.92. The van der Waals surface area contributed by atoms with Crippen molar-refractivity contribution in [3.63, 3.8) is 0 Å². The van der Waals surface area contributed by atoms with Crippen molar-refractivity contribution in [2.24, 2.45) is 0 Å². The Labute approximate surface area is 157 Å². The number of hydrogen-bond acceptors (Lipinski definition) is 3. The van der Waals surface area contributed by atoms with Crippen molar-refractivity contribution < 1.29 is 14.0 Å². The first kappa shape index (κ1) is 17.1. The van der Waals surface area contributed by atoms with Gasteiger partial charge in [-0.05, 0) is 61.7 Å². The molecule has 0 atom stereocenters. The Balaban J connectivity index is 1.60. The van der Waals surface area contributed by atoms with Crippen molar-refractivity contribution in [3.05, 3.63) is 83.3 Å². The Bertz CT molecular complexity index is 975. The molecule has 136 valence electrons. The molecule has 0 aliphatic carbocycles. The van der Waals surface area contributed by atoms with Crippen molar-refractivity contribution in [2.75, 3.05) is 16.8 Å². The number of carbonyl (C=O) groups is 2. The highest BCUT2D eigenvalue weighted by Crippen LogP contribution is 2.31. The summed E-state index contributed by atoms with van der Waals surface area (Å²) in [5.74, 6) is -0.0189. The van der Waals surface area contributed by atoms with Gasteiger partial charge in [0.25, 0.3) is 11.8 Å². The zero-order valence-electron chi connectivity index (χ0n) is 15.1. The lowest BCUT2D eigenvalue weighted by Gasteiger charge is -2.29. The molecule has 0 bridgehead atoms. The number of aryl methyl sites for hydroxylation is 2. The molecule has 0 saturated heterocycles. The lowest BCUT2D eigenvalue weighted by molar-refractivity contribution is 0.0958. The van der Waals surface area contributed by atoms with Crippen LogP contribution in [0, 0.1) is 6.92 Å². The predicted octanol–water partition coefficient (Wildman–Crippen LogP) is 4.43.